The van der Waals surface area contributed by atoms with E-state index >= 15 is 0 Å². The molecule has 0 spiro atoms. The van der Waals surface area contributed by atoms with E-state index in [2.05, 4.69) is 5.32 Å². The molecule has 0 saturated heterocycles. The largest absolute Gasteiger partial charge is 0.478 e. The molecule has 2 N–H and O–H groups in total. The van der Waals surface area contributed by atoms with Gasteiger partial charge in [0.2, 0.25) is 0 Å². The van der Waals surface area contributed by atoms with Crippen LogP contribution in [0.1, 0.15) is 32.3 Å². The number of aliphatic hydroxyl groups is 1. The first kappa shape index (κ1) is 15.4. The fourth-order valence-corrected chi connectivity index (χ4v) is 1.51. The molecule has 4 nitrogen and oxygen atoms in total. The monoisotopic (exact) mass is 269 g/mol. The summed E-state index contributed by atoms with van der Waals surface area (Å²) in [5.41, 5.74) is 0.463. The number of aliphatic hydroxyl groups excluding tert-OH is 1. The molecule has 0 aliphatic heterocycles. The molecule has 5 heteroatoms. The molecule has 0 aromatic heterocycles. The van der Waals surface area contributed by atoms with E-state index in [1.807, 2.05) is 6.92 Å². The number of hydrogen-bond donors (Lipinski definition) is 2. The molecule has 0 saturated carbocycles. The summed E-state index contributed by atoms with van der Waals surface area (Å²) < 4.78 is 18.9. The number of rotatable bonds is 7. The predicted molar refractivity (Wildman–Crippen MR) is 70.3 cm³/mol. The molecular weight excluding hydrogens is 249 g/mol. The van der Waals surface area contributed by atoms with E-state index < -0.39 is 11.9 Å². The third-order valence-electron chi connectivity index (χ3n) is 2.68. The van der Waals surface area contributed by atoms with E-state index in [1.165, 1.54) is 12.1 Å². The van der Waals surface area contributed by atoms with Crippen LogP contribution in [0.3, 0.4) is 0 Å². The first-order valence-electron chi connectivity index (χ1n) is 6.42. The van der Waals surface area contributed by atoms with Crippen molar-refractivity contribution in [1.29, 1.82) is 0 Å². The zero-order chi connectivity index (χ0) is 14.3. The Hall–Kier alpha value is -1.62. The fourth-order valence-electron chi connectivity index (χ4n) is 1.51. The molecule has 1 atom stereocenters. The van der Waals surface area contributed by atoms with Crippen molar-refractivity contribution in [1.82, 2.24) is 5.32 Å². The Bertz CT molecular complexity index is 423. The van der Waals surface area contributed by atoms with Crippen LogP contribution in [0.2, 0.25) is 0 Å². The van der Waals surface area contributed by atoms with Gasteiger partial charge in [-0.2, -0.15) is 0 Å². The Balaban J connectivity index is 2.56. The minimum absolute atomic E-state index is 0.00958. The van der Waals surface area contributed by atoms with Crippen LogP contribution in [-0.4, -0.2) is 23.7 Å². The Morgan fingerprint density at radius 1 is 1.53 bits per heavy atom. The smallest absolute Gasteiger partial charge is 0.260 e. The number of unbranched alkanes of at least 4 members (excludes halogenated alkanes) is 1. The number of halogens is 1. The highest BCUT2D eigenvalue weighted by atomic mass is 19.1. The number of nitrogens with one attached hydrogen (secondary N) is 1. The second-order valence-corrected chi connectivity index (χ2v) is 4.33. The number of ether oxygens (including phenoxy) is 1. The van der Waals surface area contributed by atoms with Crippen molar-refractivity contribution in [2.45, 2.75) is 39.4 Å². The standard InChI is InChI=1S/C14H20FNO3/c1-3-4-7-16-14(18)10(2)19-13-6-5-11(9-17)8-12(13)15/h5-6,8,10,17H,3-4,7,9H2,1-2H3,(H,16,18). The number of benzene rings is 1. The molecule has 106 valence electrons. The quantitative estimate of drug-likeness (QED) is 0.744. The summed E-state index contributed by atoms with van der Waals surface area (Å²) in [5, 5.41) is 11.6. The topological polar surface area (TPSA) is 58.6 Å². The van der Waals surface area contributed by atoms with Crippen LogP contribution in [0.4, 0.5) is 4.39 Å². The molecule has 1 amide bonds. The Labute approximate surface area is 112 Å². The van der Waals surface area contributed by atoms with Crippen LogP contribution >= 0.6 is 0 Å². The first-order chi connectivity index (χ1) is 9.08. The van der Waals surface area contributed by atoms with Gasteiger partial charge in [0.25, 0.3) is 5.91 Å². The van der Waals surface area contributed by atoms with Gasteiger partial charge in [-0.3, -0.25) is 4.79 Å². The number of carbonyl (C=O) groups is 1. The number of carbonyl (C=O) groups excluding carboxylic acids is 1. The van der Waals surface area contributed by atoms with Gasteiger partial charge in [0.05, 0.1) is 6.61 Å². The summed E-state index contributed by atoms with van der Waals surface area (Å²) in [6.45, 7) is 3.96. The predicted octanol–water partition coefficient (Wildman–Crippen LogP) is 2.00. The van der Waals surface area contributed by atoms with Crippen LogP contribution in [0, 0.1) is 5.82 Å². The lowest BCUT2D eigenvalue weighted by Gasteiger charge is -2.15. The minimum atomic E-state index is -0.758. The van der Waals surface area contributed by atoms with Gasteiger partial charge in [0, 0.05) is 6.54 Å². The van der Waals surface area contributed by atoms with Crippen molar-refractivity contribution >= 4 is 5.91 Å². The highest BCUT2D eigenvalue weighted by molar-refractivity contribution is 5.80. The van der Waals surface area contributed by atoms with Gasteiger partial charge in [-0.1, -0.05) is 19.4 Å². The number of hydrogen-bond acceptors (Lipinski definition) is 3. The summed E-state index contributed by atoms with van der Waals surface area (Å²) in [5.74, 6) is -0.839. The third kappa shape index (κ3) is 4.87. The van der Waals surface area contributed by atoms with Gasteiger partial charge < -0.3 is 15.2 Å². The van der Waals surface area contributed by atoms with Gasteiger partial charge >= 0.3 is 0 Å². The maximum atomic E-state index is 13.6. The molecule has 19 heavy (non-hydrogen) atoms. The maximum absolute atomic E-state index is 13.6. The summed E-state index contributed by atoms with van der Waals surface area (Å²) >= 11 is 0. The number of amides is 1. The molecule has 0 fully saturated rings. The fraction of sp³-hybridized carbons (Fsp3) is 0.500. The van der Waals surface area contributed by atoms with Gasteiger partial charge in [-0.05, 0) is 31.0 Å². The first-order valence-corrected chi connectivity index (χ1v) is 6.42. The van der Waals surface area contributed by atoms with Crippen LogP contribution in [0.25, 0.3) is 0 Å². The lowest BCUT2D eigenvalue weighted by atomic mass is 10.2. The summed E-state index contributed by atoms with van der Waals surface area (Å²) in [6.07, 6.45) is 1.14. The molecule has 0 radical (unpaired) electrons. The van der Waals surface area contributed by atoms with E-state index in [0.717, 1.165) is 12.8 Å². The summed E-state index contributed by atoms with van der Waals surface area (Å²) in [4.78, 5) is 11.7. The minimum Gasteiger partial charge on any atom is -0.478 e. The normalized spacial score (nSPS) is 12.0. The SMILES string of the molecule is CCCCNC(=O)C(C)Oc1ccc(CO)cc1F. The van der Waals surface area contributed by atoms with E-state index in [1.54, 1.807) is 13.0 Å². The van der Waals surface area contributed by atoms with Crippen molar-refractivity contribution in [2.24, 2.45) is 0 Å². The maximum Gasteiger partial charge on any atom is 0.260 e. The van der Waals surface area contributed by atoms with Crippen molar-refractivity contribution in [2.75, 3.05) is 6.54 Å². The molecule has 1 unspecified atom stereocenters. The summed E-state index contributed by atoms with van der Waals surface area (Å²) in [6, 6.07) is 4.16. The molecule has 1 rings (SSSR count). The average molecular weight is 269 g/mol. The van der Waals surface area contributed by atoms with Crippen molar-refractivity contribution in [3.8, 4) is 5.75 Å². The van der Waals surface area contributed by atoms with Gasteiger partial charge in [-0.25, -0.2) is 4.39 Å². The highest BCUT2D eigenvalue weighted by Gasteiger charge is 2.16. The van der Waals surface area contributed by atoms with Crippen molar-refractivity contribution in [3.63, 3.8) is 0 Å². The molecule has 1 aromatic rings. The molecular formula is C14H20FNO3. The van der Waals surface area contributed by atoms with Crippen molar-refractivity contribution < 1.29 is 19.0 Å². The molecule has 0 aliphatic carbocycles. The van der Waals surface area contributed by atoms with E-state index in [0.29, 0.717) is 12.1 Å². The molecule has 1 aromatic carbocycles. The van der Waals surface area contributed by atoms with Crippen LogP contribution in [0.5, 0.6) is 5.75 Å². The second-order valence-electron chi connectivity index (χ2n) is 4.33. The lowest BCUT2D eigenvalue weighted by molar-refractivity contribution is -0.127. The van der Waals surface area contributed by atoms with Gasteiger partial charge in [0.15, 0.2) is 17.7 Å². The molecule has 0 heterocycles. The summed E-state index contributed by atoms with van der Waals surface area (Å²) in [7, 11) is 0. The van der Waals surface area contributed by atoms with Gasteiger partial charge in [-0.15, -0.1) is 0 Å². The Morgan fingerprint density at radius 2 is 2.26 bits per heavy atom. The van der Waals surface area contributed by atoms with E-state index in [-0.39, 0.29) is 18.3 Å². The average Bonchev–Trinajstić information content (AvgIpc) is 2.41. The highest BCUT2D eigenvalue weighted by Crippen LogP contribution is 2.19. The second kappa shape index (κ2) is 7.74. The van der Waals surface area contributed by atoms with E-state index in [9.17, 15) is 9.18 Å². The van der Waals surface area contributed by atoms with E-state index in [4.69, 9.17) is 9.84 Å². The molecule has 0 aliphatic rings. The van der Waals surface area contributed by atoms with Gasteiger partial charge in [0.1, 0.15) is 0 Å². The third-order valence-corrected chi connectivity index (χ3v) is 2.68. The van der Waals surface area contributed by atoms with Crippen LogP contribution in [0.15, 0.2) is 18.2 Å². The zero-order valence-electron chi connectivity index (χ0n) is 11.3. The zero-order valence-corrected chi connectivity index (χ0v) is 11.3. The van der Waals surface area contributed by atoms with Crippen LogP contribution < -0.4 is 10.1 Å². The molecule has 0 bridgehead atoms. The Kier molecular flexibility index (Phi) is 6.29. The lowest BCUT2D eigenvalue weighted by Crippen LogP contribution is -2.36. The van der Waals surface area contributed by atoms with Crippen LogP contribution in [-0.2, 0) is 11.4 Å². The van der Waals surface area contributed by atoms with Crippen molar-refractivity contribution in [3.05, 3.63) is 29.6 Å². The Morgan fingerprint density at radius 3 is 2.84 bits per heavy atom.